The molecule has 2 aliphatic heterocycles. The van der Waals surface area contributed by atoms with Crippen molar-refractivity contribution in [1.29, 1.82) is 0 Å². The largest absolute Gasteiger partial charge is 0.311 e. The van der Waals surface area contributed by atoms with Crippen LogP contribution in [0.2, 0.25) is 0 Å². The van der Waals surface area contributed by atoms with Gasteiger partial charge in [-0.3, -0.25) is 9.69 Å². The summed E-state index contributed by atoms with van der Waals surface area (Å²) in [4.78, 5) is 17.7. The maximum atomic E-state index is 13.5. The third-order valence-electron chi connectivity index (χ3n) is 5.97. The van der Waals surface area contributed by atoms with E-state index >= 15 is 0 Å². The predicted octanol–water partition coefficient (Wildman–Crippen LogP) is 2.24. The minimum atomic E-state index is -3.19. The highest BCUT2D eigenvalue weighted by Gasteiger charge is 2.50. The summed E-state index contributed by atoms with van der Waals surface area (Å²) in [5, 5.41) is 0. The summed E-state index contributed by atoms with van der Waals surface area (Å²) in [6.45, 7) is 4.33. The summed E-state index contributed by atoms with van der Waals surface area (Å²) < 4.78 is 25.3. The van der Waals surface area contributed by atoms with Crippen molar-refractivity contribution in [1.82, 2.24) is 9.21 Å². The van der Waals surface area contributed by atoms with E-state index in [1.54, 1.807) is 14.1 Å². The molecule has 3 rings (SSSR count). The number of hydrogen-bond donors (Lipinski definition) is 0. The van der Waals surface area contributed by atoms with Crippen LogP contribution in [0.25, 0.3) is 0 Å². The van der Waals surface area contributed by atoms with E-state index in [2.05, 4.69) is 4.90 Å². The molecule has 0 radical (unpaired) electrons. The van der Waals surface area contributed by atoms with Crippen molar-refractivity contribution in [3.05, 3.63) is 29.8 Å². The van der Waals surface area contributed by atoms with Gasteiger partial charge in [0.15, 0.2) is 0 Å². The molecule has 0 bridgehead atoms. The number of rotatable bonds is 6. The van der Waals surface area contributed by atoms with Crippen molar-refractivity contribution in [2.75, 3.05) is 44.4 Å². The second-order valence-corrected chi connectivity index (χ2v) is 10.3. The van der Waals surface area contributed by atoms with Gasteiger partial charge in [0.05, 0.1) is 5.75 Å². The van der Waals surface area contributed by atoms with Gasteiger partial charge in [0.1, 0.15) is 5.54 Å². The normalized spacial score (nSPS) is 24.3. The molecule has 1 aromatic rings. The number of amides is 1. The standard InChI is InChI=1S/C20H31N3O3S/c1-17-7-9-18(10-8-17)23-15-5-12-20(19(23)24)11-4-13-22(20)14-6-16-27(25,26)21(2)3/h7-10H,4-6,11-16H2,1-3H3. The van der Waals surface area contributed by atoms with Crippen LogP contribution in [0.3, 0.4) is 0 Å². The highest BCUT2D eigenvalue weighted by molar-refractivity contribution is 7.89. The fourth-order valence-corrected chi connectivity index (χ4v) is 5.23. The number of carbonyl (C=O) groups excluding carboxylic acids is 1. The molecule has 0 aromatic heterocycles. The number of anilines is 1. The molecular weight excluding hydrogens is 362 g/mol. The number of carbonyl (C=O) groups is 1. The van der Waals surface area contributed by atoms with Gasteiger partial charge < -0.3 is 4.90 Å². The Morgan fingerprint density at radius 1 is 1.07 bits per heavy atom. The van der Waals surface area contributed by atoms with Crippen molar-refractivity contribution in [2.24, 2.45) is 0 Å². The van der Waals surface area contributed by atoms with Gasteiger partial charge in [-0.1, -0.05) is 17.7 Å². The molecule has 27 heavy (non-hydrogen) atoms. The number of nitrogens with zero attached hydrogens (tertiary/aromatic N) is 3. The topological polar surface area (TPSA) is 60.9 Å². The molecule has 2 aliphatic rings. The first-order valence-electron chi connectivity index (χ1n) is 9.80. The summed E-state index contributed by atoms with van der Waals surface area (Å²) in [7, 11) is -0.0597. The van der Waals surface area contributed by atoms with Gasteiger partial charge in [0.25, 0.3) is 0 Å². The molecule has 1 aromatic carbocycles. The Kier molecular flexibility index (Phi) is 5.93. The lowest BCUT2D eigenvalue weighted by molar-refractivity contribution is -0.131. The van der Waals surface area contributed by atoms with Crippen molar-refractivity contribution in [3.8, 4) is 0 Å². The van der Waals surface area contributed by atoms with E-state index < -0.39 is 15.6 Å². The number of sulfonamides is 1. The molecule has 1 unspecified atom stereocenters. The van der Waals surface area contributed by atoms with Crippen LogP contribution in [0, 0.1) is 6.92 Å². The van der Waals surface area contributed by atoms with Gasteiger partial charge in [-0.05, 0) is 57.7 Å². The minimum Gasteiger partial charge on any atom is -0.311 e. The van der Waals surface area contributed by atoms with E-state index in [1.165, 1.54) is 9.87 Å². The summed E-state index contributed by atoms with van der Waals surface area (Å²) in [6.07, 6.45) is 4.27. The predicted molar refractivity (Wildman–Crippen MR) is 108 cm³/mol. The van der Waals surface area contributed by atoms with Gasteiger partial charge in [-0.25, -0.2) is 12.7 Å². The highest BCUT2D eigenvalue weighted by Crippen LogP contribution is 2.39. The van der Waals surface area contributed by atoms with E-state index in [4.69, 9.17) is 0 Å². The molecule has 0 saturated carbocycles. The van der Waals surface area contributed by atoms with Crippen LogP contribution in [0.1, 0.15) is 37.7 Å². The zero-order valence-electron chi connectivity index (χ0n) is 16.6. The van der Waals surface area contributed by atoms with E-state index in [0.717, 1.165) is 44.5 Å². The first kappa shape index (κ1) is 20.3. The lowest BCUT2D eigenvalue weighted by atomic mass is 9.85. The molecule has 2 heterocycles. The molecule has 1 atom stereocenters. The van der Waals surface area contributed by atoms with Crippen LogP contribution >= 0.6 is 0 Å². The lowest BCUT2D eigenvalue weighted by Gasteiger charge is -2.44. The van der Waals surface area contributed by atoms with Crippen LogP contribution in [0.15, 0.2) is 24.3 Å². The van der Waals surface area contributed by atoms with Gasteiger partial charge in [0, 0.05) is 32.9 Å². The average Bonchev–Trinajstić information content (AvgIpc) is 3.01. The van der Waals surface area contributed by atoms with Gasteiger partial charge in [-0.15, -0.1) is 0 Å². The number of hydrogen-bond acceptors (Lipinski definition) is 4. The van der Waals surface area contributed by atoms with Crippen LogP contribution in [-0.4, -0.2) is 68.6 Å². The number of benzene rings is 1. The average molecular weight is 394 g/mol. The van der Waals surface area contributed by atoms with E-state index in [-0.39, 0.29) is 11.7 Å². The Balaban J connectivity index is 1.73. The Morgan fingerprint density at radius 3 is 2.33 bits per heavy atom. The monoisotopic (exact) mass is 393 g/mol. The first-order chi connectivity index (χ1) is 12.8. The molecule has 7 heteroatoms. The zero-order chi connectivity index (χ0) is 19.7. The minimum absolute atomic E-state index is 0.127. The molecule has 150 valence electrons. The van der Waals surface area contributed by atoms with Crippen molar-refractivity contribution >= 4 is 21.6 Å². The first-order valence-corrected chi connectivity index (χ1v) is 11.4. The van der Waals surface area contributed by atoms with Gasteiger partial charge >= 0.3 is 0 Å². The van der Waals surface area contributed by atoms with Gasteiger partial charge in [0.2, 0.25) is 15.9 Å². The Hall–Kier alpha value is -1.44. The number of aryl methyl sites for hydroxylation is 1. The Morgan fingerprint density at radius 2 is 1.70 bits per heavy atom. The van der Waals surface area contributed by atoms with E-state index in [0.29, 0.717) is 13.0 Å². The maximum Gasteiger partial charge on any atom is 0.247 e. The van der Waals surface area contributed by atoms with Crippen LogP contribution in [-0.2, 0) is 14.8 Å². The van der Waals surface area contributed by atoms with Crippen molar-refractivity contribution in [3.63, 3.8) is 0 Å². The molecule has 6 nitrogen and oxygen atoms in total. The van der Waals surface area contributed by atoms with Crippen LogP contribution in [0.4, 0.5) is 5.69 Å². The molecule has 0 N–H and O–H groups in total. The van der Waals surface area contributed by atoms with E-state index in [9.17, 15) is 13.2 Å². The molecule has 1 spiro atoms. The van der Waals surface area contributed by atoms with Crippen molar-refractivity contribution in [2.45, 2.75) is 44.6 Å². The quantitative estimate of drug-likeness (QED) is 0.744. The fourth-order valence-electron chi connectivity index (χ4n) is 4.37. The maximum absolute atomic E-state index is 13.5. The molecular formula is C20H31N3O3S. The third kappa shape index (κ3) is 4.05. The second kappa shape index (κ2) is 7.89. The number of likely N-dealkylation sites (tertiary alicyclic amines) is 1. The Labute approximate surface area is 163 Å². The molecule has 1 amide bonds. The zero-order valence-corrected chi connectivity index (χ0v) is 17.5. The summed E-state index contributed by atoms with van der Waals surface area (Å²) >= 11 is 0. The summed E-state index contributed by atoms with van der Waals surface area (Å²) in [6, 6.07) is 8.13. The number of piperidine rings is 1. The molecule has 0 aliphatic carbocycles. The van der Waals surface area contributed by atoms with Gasteiger partial charge in [-0.2, -0.15) is 0 Å². The fraction of sp³-hybridized carbons (Fsp3) is 0.650. The smallest absolute Gasteiger partial charge is 0.247 e. The highest BCUT2D eigenvalue weighted by atomic mass is 32.2. The Bertz CT molecular complexity index is 776. The summed E-state index contributed by atoms with van der Waals surface area (Å²) in [5.74, 6) is 0.313. The third-order valence-corrected chi connectivity index (χ3v) is 7.89. The van der Waals surface area contributed by atoms with Crippen LogP contribution in [0.5, 0.6) is 0 Å². The van der Waals surface area contributed by atoms with Crippen LogP contribution < -0.4 is 4.90 Å². The van der Waals surface area contributed by atoms with Crippen molar-refractivity contribution < 1.29 is 13.2 Å². The molecule has 2 saturated heterocycles. The van der Waals surface area contributed by atoms with E-state index in [1.807, 2.05) is 36.1 Å². The molecule has 2 fully saturated rings. The second-order valence-electron chi connectivity index (χ2n) is 7.97. The summed E-state index contributed by atoms with van der Waals surface area (Å²) in [5.41, 5.74) is 1.69. The SMILES string of the molecule is Cc1ccc(N2CCCC3(CCCN3CCCS(=O)(=O)N(C)C)C2=O)cc1. The lowest BCUT2D eigenvalue weighted by Crippen LogP contribution is -2.60.